The number of carbonyl (C=O) groups excluding carboxylic acids is 2. The summed E-state index contributed by atoms with van der Waals surface area (Å²) in [4.78, 5) is 37.7. The predicted molar refractivity (Wildman–Crippen MR) is 113 cm³/mol. The molecule has 1 saturated heterocycles. The lowest BCUT2D eigenvalue weighted by Gasteiger charge is -2.25. The molecule has 2 aromatic carbocycles. The van der Waals surface area contributed by atoms with Crippen LogP contribution in [0.5, 0.6) is 0 Å². The summed E-state index contributed by atoms with van der Waals surface area (Å²) in [5, 5.41) is 34.0. The molecule has 31 heavy (non-hydrogen) atoms. The van der Waals surface area contributed by atoms with Crippen molar-refractivity contribution in [1.82, 2.24) is 10.2 Å². The van der Waals surface area contributed by atoms with E-state index in [9.17, 15) is 24.8 Å². The third-order valence-electron chi connectivity index (χ3n) is 5.03. The Labute approximate surface area is 178 Å². The number of hydrogen-bond acceptors (Lipinski definition) is 7. The third kappa shape index (κ3) is 4.79. The van der Waals surface area contributed by atoms with E-state index >= 15 is 0 Å². The van der Waals surface area contributed by atoms with Gasteiger partial charge in [0.25, 0.3) is 17.4 Å². The molecule has 0 bridgehead atoms. The van der Waals surface area contributed by atoms with Crippen molar-refractivity contribution in [3.8, 4) is 0 Å². The second-order valence-corrected chi connectivity index (χ2v) is 7.04. The van der Waals surface area contributed by atoms with Gasteiger partial charge in [-0.3, -0.25) is 19.7 Å². The molecule has 1 amide bonds. The maximum absolute atomic E-state index is 12.9. The van der Waals surface area contributed by atoms with E-state index in [1.807, 2.05) is 0 Å². The van der Waals surface area contributed by atoms with Gasteiger partial charge in [0, 0.05) is 30.8 Å². The Bertz CT molecular complexity index is 1010. The molecule has 1 aliphatic rings. The highest BCUT2D eigenvalue weighted by atomic mass is 16.6. The summed E-state index contributed by atoms with van der Waals surface area (Å²) in [5.74, 6) is -1.92. The molecule has 1 unspecified atom stereocenters. The highest BCUT2D eigenvalue weighted by molar-refractivity contribution is 6.46. The monoisotopic (exact) mass is 425 g/mol. The van der Waals surface area contributed by atoms with Crippen molar-refractivity contribution in [3.63, 3.8) is 0 Å². The fraction of sp³-hybridized carbons (Fsp3) is 0.273. The number of rotatable bonds is 9. The van der Waals surface area contributed by atoms with Crippen molar-refractivity contribution < 1.29 is 24.7 Å². The van der Waals surface area contributed by atoms with E-state index in [1.165, 1.54) is 23.1 Å². The lowest BCUT2D eigenvalue weighted by molar-refractivity contribution is -0.384. The Kier molecular flexibility index (Phi) is 7.11. The van der Waals surface area contributed by atoms with Gasteiger partial charge in [-0.25, -0.2) is 0 Å². The summed E-state index contributed by atoms with van der Waals surface area (Å²) >= 11 is 0. The van der Waals surface area contributed by atoms with Gasteiger partial charge in [-0.1, -0.05) is 42.5 Å². The van der Waals surface area contributed by atoms with Gasteiger partial charge in [-0.2, -0.15) is 0 Å². The molecule has 0 aliphatic carbocycles. The van der Waals surface area contributed by atoms with Crippen LogP contribution in [0.1, 0.15) is 23.6 Å². The molecule has 1 aliphatic heterocycles. The van der Waals surface area contributed by atoms with Crippen LogP contribution in [0.15, 0.2) is 60.2 Å². The standard InChI is InChI=1S/C22H23N3O6/c26-13-11-23-10-5-12-24-19(16-8-4-9-17(14-16)25(30)31)18(21(28)22(24)29)20(27)15-6-2-1-3-7-15/h1-4,6-9,14,19,23,26-27H,5,10-13H2/b20-18-. The zero-order valence-corrected chi connectivity index (χ0v) is 16.7. The van der Waals surface area contributed by atoms with Gasteiger partial charge < -0.3 is 20.4 Å². The minimum absolute atomic E-state index is 0.0186. The molecule has 3 rings (SSSR count). The molecule has 9 nitrogen and oxygen atoms in total. The van der Waals surface area contributed by atoms with E-state index in [2.05, 4.69) is 5.32 Å². The summed E-state index contributed by atoms with van der Waals surface area (Å²) in [6.45, 7) is 1.09. The van der Waals surface area contributed by atoms with Gasteiger partial charge in [0.05, 0.1) is 23.1 Å². The van der Waals surface area contributed by atoms with Crippen LogP contribution in [0.25, 0.3) is 5.76 Å². The number of benzene rings is 2. The zero-order valence-electron chi connectivity index (χ0n) is 16.7. The van der Waals surface area contributed by atoms with Crippen molar-refractivity contribution >= 4 is 23.1 Å². The number of aliphatic hydroxyl groups is 2. The number of non-ortho nitro benzene ring substituents is 1. The van der Waals surface area contributed by atoms with Crippen LogP contribution < -0.4 is 5.32 Å². The summed E-state index contributed by atoms with van der Waals surface area (Å²) in [6, 6.07) is 13.2. The maximum atomic E-state index is 12.9. The van der Waals surface area contributed by atoms with Gasteiger partial charge >= 0.3 is 0 Å². The summed E-state index contributed by atoms with van der Waals surface area (Å²) in [7, 11) is 0. The third-order valence-corrected chi connectivity index (χ3v) is 5.03. The number of amides is 1. The molecule has 3 N–H and O–H groups in total. The molecule has 0 radical (unpaired) electrons. The molecule has 1 fully saturated rings. The summed E-state index contributed by atoms with van der Waals surface area (Å²) < 4.78 is 0. The zero-order chi connectivity index (χ0) is 22.4. The smallest absolute Gasteiger partial charge is 0.295 e. The van der Waals surface area contributed by atoms with Gasteiger partial charge in [0.15, 0.2) is 0 Å². The molecule has 1 heterocycles. The SMILES string of the molecule is O=C1C(=O)N(CCCNCCO)C(c2cccc([N+](=O)[O-])c2)/C1=C(/O)c1ccccc1. The molecule has 162 valence electrons. The number of nitro benzene ring substituents is 1. The van der Waals surface area contributed by atoms with Crippen molar-refractivity contribution in [2.75, 3.05) is 26.2 Å². The average Bonchev–Trinajstić information content (AvgIpc) is 3.04. The Hall–Kier alpha value is -3.56. The lowest BCUT2D eigenvalue weighted by Crippen LogP contribution is -2.32. The van der Waals surface area contributed by atoms with Crippen molar-refractivity contribution in [2.24, 2.45) is 0 Å². The topological polar surface area (TPSA) is 133 Å². The van der Waals surface area contributed by atoms with Gasteiger partial charge in [0.1, 0.15) is 5.76 Å². The Balaban J connectivity index is 2.04. The first-order chi connectivity index (χ1) is 15.0. The van der Waals surface area contributed by atoms with Crippen molar-refractivity contribution in [3.05, 3.63) is 81.4 Å². The van der Waals surface area contributed by atoms with Crippen molar-refractivity contribution in [1.29, 1.82) is 0 Å². The van der Waals surface area contributed by atoms with Crippen LogP contribution in [0, 0.1) is 10.1 Å². The molecule has 2 aromatic rings. The molecule has 1 atom stereocenters. The minimum Gasteiger partial charge on any atom is -0.507 e. The highest BCUT2D eigenvalue weighted by Gasteiger charge is 2.46. The van der Waals surface area contributed by atoms with Crippen LogP contribution >= 0.6 is 0 Å². The Morgan fingerprint density at radius 3 is 2.52 bits per heavy atom. The summed E-state index contributed by atoms with van der Waals surface area (Å²) in [5.41, 5.74) is 0.474. The predicted octanol–water partition coefficient (Wildman–Crippen LogP) is 1.99. The number of ketones is 1. The fourth-order valence-electron chi connectivity index (χ4n) is 3.60. The van der Waals surface area contributed by atoms with E-state index in [0.717, 1.165) is 0 Å². The first-order valence-corrected chi connectivity index (χ1v) is 9.85. The van der Waals surface area contributed by atoms with Crippen LogP contribution in [-0.4, -0.2) is 58.0 Å². The molecule has 9 heteroatoms. The Morgan fingerprint density at radius 1 is 1.10 bits per heavy atom. The maximum Gasteiger partial charge on any atom is 0.295 e. The number of hydrogen-bond donors (Lipinski definition) is 3. The number of likely N-dealkylation sites (tertiary alicyclic amines) is 1. The average molecular weight is 425 g/mol. The van der Waals surface area contributed by atoms with Gasteiger partial charge in [0.2, 0.25) is 0 Å². The minimum atomic E-state index is -0.946. The van der Waals surface area contributed by atoms with Crippen LogP contribution in [-0.2, 0) is 9.59 Å². The Morgan fingerprint density at radius 2 is 1.84 bits per heavy atom. The van der Waals surface area contributed by atoms with E-state index in [-0.39, 0.29) is 30.2 Å². The lowest BCUT2D eigenvalue weighted by atomic mass is 9.95. The van der Waals surface area contributed by atoms with Crippen LogP contribution in [0.4, 0.5) is 5.69 Å². The second-order valence-electron chi connectivity index (χ2n) is 7.04. The fourth-order valence-corrected chi connectivity index (χ4v) is 3.60. The number of nitrogens with zero attached hydrogens (tertiary/aromatic N) is 2. The van der Waals surface area contributed by atoms with Crippen LogP contribution in [0.2, 0.25) is 0 Å². The number of nitrogens with one attached hydrogen (secondary N) is 1. The van der Waals surface area contributed by atoms with E-state index in [4.69, 9.17) is 5.11 Å². The normalized spacial score (nSPS) is 17.8. The number of nitro groups is 1. The molecule has 0 saturated carbocycles. The van der Waals surface area contributed by atoms with E-state index < -0.39 is 22.7 Å². The number of Topliss-reactive ketones (excluding diaryl/α,β-unsaturated/α-hetero) is 1. The van der Waals surface area contributed by atoms with Gasteiger partial charge in [-0.15, -0.1) is 0 Å². The molecule has 0 aromatic heterocycles. The van der Waals surface area contributed by atoms with E-state index in [1.54, 1.807) is 36.4 Å². The molecular weight excluding hydrogens is 402 g/mol. The van der Waals surface area contributed by atoms with Crippen molar-refractivity contribution in [2.45, 2.75) is 12.5 Å². The second kappa shape index (κ2) is 9.96. The van der Waals surface area contributed by atoms with Crippen LogP contribution in [0.3, 0.4) is 0 Å². The largest absolute Gasteiger partial charge is 0.507 e. The first kappa shape index (κ1) is 22.1. The number of carbonyl (C=O) groups is 2. The highest BCUT2D eigenvalue weighted by Crippen LogP contribution is 2.40. The number of aliphatic hydroxyl groups excluding tert-OH is 2. The molecular formula is C22H23N3O6. The van der Waals surface area contributed by atoms with Gasteiger partial charge in [-0.05, 0) is 18.5 Å². The first-order valence-electron chi connectivity index (χ1n) is 9.85. The quantitative estimate of drug-likeness (QED) is 0.140. The van der Waals surface area contributed by atoms with E-state index in [0.29, 0.717) is 30.6 Å². The molecule has 0 spiro atoms. The summed E-state index contributed by atoms with van der Waals surface area (Å²) in [6.07, 6.45) is 0.490.